The van der Waals surface area contributed by atoms with Crippen molar-refractivity contribution in [2.75, 3.05) is 7.11 Å². The van der Waals surface area contributed by atoms with E-state index in [2.05, 4.69) is 19.9 Å². The molecule has 3 heteroatoms. The van der Waals surface area contributed by atoms with Crippen molar-refractivity contribution in [2.24, 2.45) is 28.6 Å². The van der Waals surface area contributed by atoms with Crippen LogP contribution in [0.1, 0.15) is 52.4 Å². The minimum atomic E-state index is -0.186. The van der Waals surface area contributed by atoms with E-state index < -0.39 is 0 Å². The number of methoxy groups -OCH3 is 1. The van der Waals surface area contributed by atoms with Crippen molar-refractivity contribution in [2.45, 2.75) is 64.6 Å². The van der Waals surface area contributed by atoms with E-state index in [0.717, 1.165) is 38.5 Å². The number of hydrogen-bond donors (Lipinski definition) is 2. The molecule has 2 N–H and O–H groups in total. The highest BCUT2D eigenvalue weighted by Gasteiger charge is 2.59. The molecule has 0 saturated heterocycles. The van der Waals surface area contributed by atoms with Crippen LogP contribution in [0, 0.1) is 28.6 Å². The number of ether oxygens (including phenoxy) is 1. The summed E-state index contributed by atoms with van der Waals surface area (Å²) < 4.78 is 5.92. The van der Waals surface area contributed by atoms with Gasteiger partial charge in [0.2, 0.25) is 0 Å². The van der Waals surface area contributed by atoms with E-state index in [1.165, 1.54) is 5.57 Å². The van der Waals surface area contributed by atoms with Crippen molar-refractivity contribution in [1.29, 1.82) is 0 Å². The van der Waals surface area contributed by atoms with Crippen molar-refractivity contribution >= 4 is 0 Å². The monoisotopic (exact) mass is 318 g/mol. The SMILES string of the molecule is CO[C@H]1C=C2C[C@@H](O)CC[C@]2(C)[C@H]2CC[C@]3(C)C(O)=CC[C@H]3[C@H]12. The molecule has 0 aromatic carbocycles. The average Bonchev–Trinajstić information content (AvgIpc) is 2.83. The Morgan fingerprint density at radius 3 is 2.61 bits per heavy atom. The second-order valence-corrected chi connectivity index (χ2v) is 8.78. The second kappa shape index (κ2) is 5.10. The lowest BCUT2D eigenvalue weighted by atomic mass is 9.47. The largest absolute Gasteiger partial charge is 0.512 e. The quantitative estimate of drug-likeness (QED) is 0.719. The normalized spacial score (nSPS) is 52.1. The molecular formula is C20H30O3. The minimum Gasteiger partial charge on any atom is -0.512 e. The molecule has 0 aromatic rings. The molecule has 0 unspecified atom stereocenters. The number of allylic oxidation sites excluding steroid dienone is 2. The summed E-state index contributed by atoms with van der Waals surface area (Å²) in [4.78, 5) is 0. The summed E-state index contributed by atoms with van der Waals surface area (Å²) in [6, 6.07) is 0. The fourth-order valence-corrected chi connectivity index (χ4v) is 6.38. The Morgan fingerprint density at radius 1 is 1.13 bits per heavy atom. The molecular weight excluding hydrogens is 288 g/mol. The van der Waals surface area contributed by atoms with E-state index in [-0.39, 0.29) is 23.0 Å². The summed E-state index contributed by atoms with van der Waals surface area (Å²) in [7, 11) is 1.81. The zero-order valence-corrected chi connectivity index (χ0v) is 14.6. The van der Waals surface area contributed by atoms with Gasteiger partial charge >= 0.3 is 0 Å². The molecule has 0 aromatic heterocycles. The Kier molecular flexibility index (Phi) is 3.48. The van der Waals surface area contributed by atoms with Crippen LogP contribution in [-0.4, -0.2) is 29.5 Å². The van der Waals surface area contributed by atoms with E-state index in [9.17, 15) is 10.2 Å². The molecule has 3 nitrogen and oxygen atoms in total. The third-order valence-corrected chi connectivity index (χ3v) is 7.89. The summed E-state index contributed by atoms with van der Waals surface area (Å²) in [6.45, 7) is 4.66. The van der Waals surface area contributed by atoms with Gasteiger partial charge in [-0.25, -0.2) is 0 Å². The maximum Gasteiger partial charge on any atom is 0.0944 e. The summed E-state index contributed by atoms with van der Waals surface area (Å²) in [5.41, 5.74) is 1.56. The topological polar surface area (TPSA) is 49.7 Å². The second-order valence-electron chi connectivity index (χ2n) is 8.78. The maximum absolute atomic E-state index is 10.4. The fraction of sp³-hybridized carbons (Fsp3) is 0.800. The van der Waals surface area contributed by atoms with Crippen molar-refractivity contribution in [3.63, 3.8) is 0 Å². The molecule has 7 atom stereocenters. The number of fused-ring (bicyclic) bond motifs is 5. The maximum atomic E-state index is 10.4. The van der Waals surface area contributed by atoms with E-state index in [0.29, 0.717) is 23.5 Å². The fourth-order valence-electron chi connectivity index (χ4n) is 6.38. The van der Waals surface area contributed by atoms with Gasteiger partial charge in [-0.05, 0) is 67.8 Å². The summed E-state index contributed by atoms with van der Waals surface area (Å²) in [6.07, 6.45) is 10.3. The zero-order chi connectivity index (χ0) is 16.4. The number of aliphatic hydroxyl groups excluding tert-OH is 2. The van der Waals surface area contributed by atoms with Crippen LogP contribution in [0.3, 0.4) is 0 Å². The molecule has 128 valence electrons. The summed E-state index contributed by atoms with van der Waals surface area (Å²) in [5, 5.41) is 20.6. The van der Waals surface area contributed by atoms with E-state index in [1.54, 1.807) is 0 Å². The third kappa shape index (κ3) is 2.02. The molecule has 2 saturated carbocycles. The van der Waals surface area contributed by atoms with Gasteiger partial charge in [-0.15, -0.1) is 0 Å². The molecule has 0 heterocycles. The van der Waals surface area contributed by atoms with Gasteiger partial charge in [0.25, 0.3) is 0 Å². The molecule has 0 aliphatic heterocycles. The summed E-state index contributed by atoms with van der Waals surface area (Å²) in [5.74, 6) is 2.17. The Bertz CT molecular complexity index is 565. The molecule has 23 heavy (non-hydrogen) atoms. The highest BCUT2D eigenvalue weighted by Crippen LogP contribution is 2.64. The highest BCUT2D eigenvalue weighted by atomic mass is 16.5. The van der Waals surface area contributed by atoms with Crippen LogP contribution in [0.4, 0.5) is 0 Å². The lowest BCUT2D eigenvalue weighted by Gasteiger charge is -2.58. The average molecular weight is 318 g/mol. The Hall–Kier alpha value is -0.800. The summed E-state index contributed by atoms with van der Waals surface area (Å²) >= 11 is 0. The van der Waals surface area contributed by atoms with Gasteiger partial charge in [0.05, 0.1) is 18.0 Å². The van der Waals surface area contributed by atoms with Crippen LogP contribution in [0.5, 0.6) is 0 Å². The Morgan fingerprint density at radius 2 is 1.87 bits per heavy atom. The van der Waals surface area contributed by atoms with Crippen LogP contribution in [0.15, 0.2) is 23.5 Å². The van der Waals surface area contributed by atoms with Crippen molar-refractivity contribution in [3.05, 3.63) is 23.5 Å². The molecule has 0 amide bonds. The van der Waals surface area contributed by atoms with Crippen molar-refractivity contribution in [3.8, 4) is 0 Å². The molecule has 0 spiro atoms. The number of hydrogen-bond acceptors (Lipinski definition) is 3. The van der Waals surface area contributed by atoms with Gasteiger partial charge in [-0.3, -0.25) is 0 Å². The first-order valence-electron chi connectivity index (χ1n) is 9.22. The van der Waals surface area contributed by atoms with Gasteiger partial charge in [0.15, 0.2) is 0 Å². The van der Waals surface area contributed by atoms with Crippen LogP contribution in [0.25, 0.3) is 0 Å². The number of rotatable bonds is 1. The highest BCUT2D eigenvalue weighted by molar-refractivity contribution is 5.30. The van der Waals surface area contributed by atoms with E-state index >= 15 is 0 Å². The first kappa shape index (κ1) is 15.7. The van der Waals surface area contributed by atoms with Crippen LogP contribution >= 0.6 is 0 Å². The molecule has 4 aliphatic rings. The van der Waals surface area contributed by atoms with Crippen molar-refractivity contribution in [1.82, 2.24) is 0 Å². The molecule has 4 aliphatic carbocycles. The van der Waals surface area contributed by atoms with E-state index in [4.69, 9.17) is 4.74 Å². The first-order chi connectivity index (χ1) is 10.9. The molecule has 2 fully saturated rings. The Balaban J connectivity index is 1.76. The van der Waals surface area contributed by atoms with Gasteiger partial charge < -0.3 is 14.9 Å². The first-order valence-corrected chi connectivity index (χ1v) is 9.22. The molecule has 0 radical (unpaired) electrons. The Labute approximate surface area is 139 Å². The lowest BCUT2D eigenvalue weighted by Crippen LogP contribution is -2.54. The van der Waals surface area contributed by atoms with Crippen LogP contribution in [0.2, 0.25) is 0 Å². The van der Waals surface area contributed by atoms with Gasteiger partial charge in [-0.2, -0.15) is 0 Å². The minimum absolute atomic E-state index is 0.0617. The van der Waals surface area contributed by atoms with Gasteiger partial charge in [0.1, 0.15) is 0 Å². The van der Waals surface area contributed by atoms with Gasteiger partial charge in [0, 0.05) is 12.5 Å². The van der Waals surface area contributed by atoms with Crippen molar-refractivity contribution < 1.29 is 14.9 Å². The van der Waals surface area contributed by atoms with Gasteiger partial charge in [-0.1, -0.05) is 25.5 Å². The zero-order valence-electron chi connectivity index (χ0n) is 14.6. The lowest BCUT2D eigenvalue weighted by molar-refractivity contribution is -0.0944. The van der Waals surface area contributed by atoms with Crippen LogP contribution in [-0.2, 0) is 4.74 Å². The third-order valence-electron chi connectivity index (χ3n) is 7.89. The standard InChI is InChI=1S/C20H30O3/c1-19-8-6-13(21)10-12(19)11-16(23-3)18-14-4-5-17(22)20(14,2)9-7-15(18)19/h5,11,13-16,18,21-22H,4,6-10H2,1-3H3/t13-,14-,15-,16-,18-,19-,20-/m0/s1. The molecule has 4 rings (SSSR count). The predicted octanol–water partition coefficient (Wildman–Crippen LogP) is 3.99. The van der Waals surface area contributed by atoms with Crippen LogP contribution < -0.4 is 0 Å². The molecule has 0 bridgehead atoms. The number of aliphatic hydroxyl groups is 2. The smallest absolute Gasteiger partial charge is 0.0944 e. The van der Waals surface area contributed by atoms with E-state index in [1.807, 2.05) is 13.2 Å². The predicted molar refractivity (Wildman–Crippen MR) is 90.0 cm³/mol.